The highest BCUT2D eigenvalue weighted by molar-refractivity contribution is 5.99. The van der Waals surface area contributed by atoms with Crippen LogP contribution in [0.4, 0.5) is 11.4 Å². The summed E-state index contributed by atoms with van der Waals surface area (Å²) in [4.78, 5) is 24.9. The number of carbonyl (C=O) groups is 2. The van der Waals surface area contributed by atoms with Crippen molar-refractivity contribution >= 4 is 23.3 Å². The minimum atomic E-state index is -0.407. The van der Waals surface area contributed by atoms with Crippen LogP contribution in [0.3, 0.4) is 0 Å². The van der Waals surface area contributed by atoms with Gasteiger partial charge in [-0.1, -0.05) is 6.07 Å². The van der Waals surface area contributed by atoms with Gasteiger partial charge in [0.15, 0.2) is 0 Å². The molecule has 0 aliphatic carbocycles. The smallest absolute Gasteiger partial charge is 0.340 e. The van der Waals surface area contributed by atoms with Crippen LogP contribution >= 0.6 is 0 Å². The predicted molar refractivity (Wildman–Crippen MR) is 76.6 cm³/mol. The van der Waals surface area contributed by atoms with E-state index in [1.54, 1.807) is 18.2 Å². The van der Waals surface area contributed by atoms with Crippen molar-refractivity contribution in [3.63, 3.8) is 0 Å². The number of nitrogen functional groups attached to an aromatic ring is 1. The van der Waals surface area contributed by atoms with Gasteiger partial charge in [-0.05, 0) is 18.6 Å². The van der Waals surface area contributed by atoms with Gasteiger partial charge >= 0.3 is 5.97 Å². The zero-order chi connectivity index (χ0) is 14.7. The first-order chi connectivity index (χ1) is 9.52. The molecule has 0 spiro atoms. The van der Waals surface area contributed by atoms with E-state index in [4.69, 9.17) is 10.5 Å². The van der Waals surface area contributed by atoms with Crippen LogP contribution < -0.4 is 16.0 Å². The van der Waals surface area contributed by atoms with Crippen LogP contribution in [0.2, 0.25) is 0 Å². The molecule has 2 rings (SSSR count). The Kier molecular flexibility index (Phi) is 4.12. The first-order valence-corrected chi connectivity index (χ1v) is 6.51. The van der Waals surface area contributed by atoms with E-state index >= 15 is 0 Å². The Hall–Kier alpha value is -2.24. The Labute approximate surface area is 117 Å². The summed E-state index contributed by atoms with van der Waals surface area (Å²) in [6.07, 6.45) is 0.828. The number of hydrogen-bond acceptors (Lipinski definition) is 5. The number of rotatable bonds is 3. The fourth-order valence-electron chi connectivity index (χ4n) is 2.56. The summed E-state index contributed by atoms with van der Waals surface area (Å²) in [5.74, 6) is -0.457. The Morgan fingerprint density at radius 3 is 2.85 bits per heavy atom. The number of para-hydroxylation sites is 1. The molecule has 0 radical (unpaired) electrons. The van der Waals surface area contributed by atoms with Gasteiger partial charge in [0.25, 0.3) is 0 Å². The third-order valence-corrected chi connectivity index (χ3v) is 3.38. The molecule has 1 unspecified atom stereocenters. The van der Waals surface area contributed by atoms with E-state index in [9.17, 15) is 9.59 Å². The summed E-state index contributed by atoms with van der Waals surface area (Å²) < 4.78 is 4.79. The monoisotopic (exact) mass is 277 g/mol. The maximum atomic E-state index is 11.8. The number of nitrogens with zero attached hydrogens (tertiary/aromatic N) is 1. The van der Waals surface area contributed by atoms with Crippen LogP contribution in [0.5, 0.6) is 0 Å². The highest BCUT2D eigenvalue weighted by Gasteiger charge is 2.27. The quantitative estimate of drug-likeness (QED) is 0.629. The maximum Gasteiger partial charge on any atom is 0.340 e. The average molecular weight is 277 g/mol. The molecule has 6 nitrogen and oxygen atoms in total. The molecule has 1 aromatic carbocycles. The number of nitrogens with two attached hydrogens (primary N) is 1. The zero-order valence-electron chi connectivity index (χ0n) is 11.7. The second-order valence-electron chi connectivity index (χ2n) is 4.87. The summed E-state index contributed by atoms with van der Waals surface area (Å²) >= 11 is 0. The van der Waals surface area contributed by atoms with Crippen molar-refractivity contribution < 1.29 is 14.3 Å². The number of esters is 1. The highest BCUT2D eigenvalue weighted by Crippen LogP contribution is 2.31. The van der Waals surface area contributed by atoms with E-state index in [1.807, 2.05) is 4.90 Å². The molecule has 1 aliphatic rings. The number of ether oxygens (including phenoxy) is 1. The Morgan fingerprint density at radius 2 is 2.20 bits per heavy atom. The van der Waals surface area contributed by atoms with Crippen LogP contribution in [-0.4, -0.2) is 38.1 Å². The third kappa shape index (κ3) is 2.84. The largest absolute Gasteiger partial charge is 0.465 e. The lowest BCUT2D eigenvalue weighted by molar-refractivity contribution is -0.119. The van der Waals surface area contributed by atoms with E-state index < -0.39 is 5.97 Å². The van der Waals surface area contributed by atoms with Crippen molar-refractivity contribution in [2.75, 3.05) is 30.8 Å². The van der Waals surface area contributed by atoms with Gasteiger partial charge in [0.1, 0.15) is 0 Å². The van der Waals surface area contributed by atoms with Crippen molar-refractivity contribution in [1.29, 1.82) is 0 Å². The summed E-state index contributed by atoms with van der Waals surface area (Å²) in [5.41, 5.74) is 7.68. The number of hydrogen-bond donors (Lipinski definition) is 2. The van der Waals surface area contributed by atoms with Gasteiger partial charge in [0.05, 0.1) is 24.0 Å². The topological polar surface area (TPSA) is 84.7 Å². The van der Waals surface area contributed by atoms with E-state index in [2.05, 4.69) is 5.32 Å². The number of nitrogens with one attached hydrogen (secondary N) is 1. The normalized spacial score (nSPS) is 17.9. The standard InChI is InChI=1S/C14H19N3O3/c1-9(18)16-10-6-7-17(8-10)13-11(14(19)20-2)4-3-5-12(13)15/h3-5,10H,6-8,15H2,1-2H3,(H,16,18). The molecule has 1 aliphatic heterocycles. The number of methoxy groups -OCH3 is 1. The first-order valence-electron chi connectivity index (χ1n) is 6.51. The molecule has 1 aromatic rings. The lowest BCUT2D eigenvalue weighted by atomic mass is 10.1. The van der Waals surface area contributed by atoms with Crippen molar-refractivity contribution in [2.45, 2.75) is 19.4 Å². The van der Waals surface area contributed by atoms with Crippen molar-refractivity contribution in [1.82, 2.24) is 5.32 Å². The maximum absolute atomic E-state index is 11.8. The summed E-state index contributed by atoms with van der Waals surface area (Å²) in [6.45, 7) is 2.88. The van der Waals surface area contributed by atoms with E-state index in [1.165, 1.54) is 14.0 Å². The second kappa shape index (κ2) is 5.81. The number of amides is 1. The van der Waals surface area contributed by atoms with Crippen LogP contribution in [0, 0.1) is 0 Å². The summed E-state index contributed by atoms with van der Waals surface area (Å²) in [7, 11) is 1.35. The third-order valence-electron chi connectivity index (χ3n) is 3.38. The van der Waals surface area contributed by atoms with Gasteiger partial charge in [-0.25, -0.2) is 4.79 Å². The van der Waals surface area contributed by atoms with E-state index in [0.717, 1.165) is 13.0 Å². The molecule has 0 saturated carbocycles. The van der Waals surface area contributed by atoms with E-state index in [-0.39, 0.29) is 11.9 Å². The Bertz CT molecular complexity index is 530. The van der Waals surface area contributed by atoms with Crippen LogP contribution in [0.15, 0.2) is 18.2 Å². The van der Waals surface area contributed by atoms with Crippen molar-refractivity contribution in [2.24, 2.45) is 0 Å². The highest BCUT2D eigenvalue weighted by atomic mass is 16.5. The number of benzene rings is 1. The molecule has 20 heavy (non-hydrogen) atoms. The molecule has 1 saturated heterocycles. The van der Waals surface area contributed by atoms with Crippen LogP contribution in [0.25, 0.3) is 0 Å². The summed E-state index contributed by atoms with van der Waals surface area (Å²) in [6, 6.07) is 5.26. The predicted octanol–water partition coefficient (Wildman–Crippen LogP) is 0.770. The Balaban J connectivity index is 2.25. The van der Waals surface area contributed by atoms with Gasteiger partial charge in [0.2, 0.25) is 5.91 Å². The fraction of sp³-hybridized carbons (Fsp3) is 0.429. The first kappa shape index (κ1) is 14.2. The molecule has 108 valence electrons. The lowest BCUT2D eigenvalue weighted by Gasteiger charge is -2.23. The van der Waals surface area contributed by atoms with Crippen LogP contribution in [-0.2, 0) is 9.53 Å². The van der Waals surface area contributed by atoms with E-state index in [0.29, 0.717) is 23.5 Å². The van der Waals surface area contributed by atoms with Crippen molar-refractivity contribution in [3.8, 4) is 0 Å². The van der Waals surface area contributed by atoms with Crippen molar-refractivity contribution in [3.05, 3.63) is 23.8 Å². The van der Waals surface area contributed by atoms with Crippen LogP contribution in [0.1, 0.15) is 23.7 Å². The molecule has 0 aromatic heterocycles. The second-order valence-corrected chi connectivity index (χ2v) is 4.87. The fourth-order valence-corrected chi connectivity index (χ4v) is 2.56. The van der Waals surface area contributed by atoms with Gasteiger partial charge in [-0.15, -0.1) is 0 Å². The molecular formula is C14H19N3O3. The molecule has 1 atom stereocenters. The van der Waals surface area contributed by atoms with Gasteiger partial charge in [-0.2, -0.15) is 0 Å². The minimum absolute atomic E-state index is 0.0499. The van der Waals surface area contributed by atoms with Gasteiger partial charge in [0, 0.05) is 26.1 Å². The molecule has 1 fully saturated rings. The number of carbonyl (C=O) groups excluding carboxylic acids is 2. The van der Waals surface area contributed by atoms with Gasteiger partial charge < -0.3 is 20.7 Å². The average Bonchev–Trinajstić information content (AvgIpc) is 2.84. The molecular weight excluding hydrogens is 258 g/mol. The molecule has 3 N–H and O–H groups in total. The molecule has 1 amide bonds. The lowest BCUT2D eigenvalue weighted by Crippen LogP contribution is -2.36. The minimum Gasteiger partial charge on any atom is -0.465 e. The zero-order valence-corrected chi connectivity index (χ0v) is 11.7. The Morgan fingerprint density at radius 1 is 1.45 bits per heavy atom. The molecule has 1 heterocycles. The number of anilines is 2. The summed E-state index contributed by atoms with van der Waals surface area (Å²) in [5, 5.41) is 2.89. The molecule has 0 bridgehead atoms. The van der Waals surface area contributed by atoms with Gasteiger partial charge in [-0.3, -0.25) is 4.79 Å². The molecule has 6 heteroatoms. The SMILES string of the molecule is COC(=O)c1cccc(N)c1N1CCC(NC(C)=O)C1.